The number of hydrogen-bond donors (Lipinski definition) is 0. The van der Waals surface area contributed by atoms with Crippen molar-refractivity contribution in [1.82, 2.24) is 9.47 Å². The summed E-state index contributed by atoms with van der Waals surface area (Å²) in [4.78, 5) is 52.1. The van der Waals surface area contributed by atoms with Crippen LogP contribution in [0.4, 0.5) is 0 Å². The molecule has 0 saturated heterocycles. The van der Waals surface area contributed by atoms with Gasteiger partial charge in [0.15, 0.2) is 6.61 Å². The Kier molecular flexibility index (Phi) is 6.55. The van der Waals surface area contributed by atoms with Crippen LogP contribution < -0.4 is 4.74 Å². The van der Waals surface area contributed by atoms with Crippen LogP contribution in [0, 0.1) is 13.8 Å². The van der Waals surface area contributed by atoms with Crippen molar-refractivity contribution in [1.29, 1.82) is 0 Å². The van der Waals surface area contributed by atoms with Gasteiger partial charge in [0.05, 0.1) is 24.3 Å². The van der Waals surface area contributed by atoms with E-state index < -0.39 is 12.6 Å². The van der Waals surface area contributed by atoms with Gasteiger partial charge in [0.1, 0.15) is 11.3 Å². The second-order valence-corrected chi connectivity index (χ2v) is 8.35. The third kappa shape index (κ3) is 4.47. The molecule has 0 atom stereocenters. The number of carbonyl (C=O) groups is 4. The lowest BCUT2D eigenvalue weighted by molar-refractivity contribution is 0.0470. The maximum atomic E-state index is 12.9. The number of carbonyl (C=O) groups excluding carboxylic acids is 4. The lowest BCUT2D eigenvalue weighted by Gasteiger charge is -2.16. The summed E-state index contributed by atoms with van der Waals surface area (Å²) in [7, 11) is 1.86. The summed E-state index contributed by atoms with van der Waals surface area (Å²) in [6, 6.07) is 13.2. The molecule has 0 radical (unpaired) electrons. The summed E-state index contributed by atoms with van der Waals surface area (Å²) < 4.78 is 12.8. The monoisotopic (exact) mass is 474 g/mol. The second kappa shape index (κ2) is 9.58. The highest BCUT2D eigenvalue weighted by atomic mass is 16.5. The van der Waals surface area contributed by atoms with Crippen LogP contribution in [0.2, 0.25) is 0 Å². The molecule has 0 saturated carbocycles. The first-order valence-corrected chi connectivity index (χ1v) is 11.3. The average molecular weight is 475 g/mol. The first-order valence-electron chi connectivity index (χ1n) is 11.3. The molecule has 180 valence electrons. The van der Waals surface area contributed by atoms with E-state index in [2.05, 4.69) is 0 Å². The minimum atomic E-state index is -0.726. The van der Waals surface area contributed by atoms with E-state index in [-0.39, 0.29) is 29.7 Å². The van der Waals surface area contributed by atoms with Crippen molar-refractivity contribution in [3.8, 4) is 5.75 Å². The number of fused-ring (bicyclic) bond motifs is 1. The number of amides is 2. The molecule has 1 aliphatic rings. The normalized spacial score (nSPS) is 12.6. The van der Waals surface area contributed by atoms with Crippen molar-refractivity contribution < 1.29 is 28.7 Å². The van der Waals surface area contributed by atoms with Crippen molar-refractivity contribution in [3.63, 3.8) is 0 Å². The molecule has 4 rings (SSSR count). The van der Waals surface area contributed by atoms with Crippen LogP contribution in [-0.4, -0.2) is 46.2 Å². The fraction of sp³-hybridized carbons (Fsp3) is 0.259. The molecule has 0 N–H and O–H groups in total. The zero-order valence-corrected chi connectivity index (χ0v) is 20.1. The van der Waals surface area contributed by atoms with Crippen LogP contribution in [0.25, 0.3) is 0 Å². The third-order valence-corrected chi connectivity index (χ3v) is 6.19. The van der Waals surface area contributed by atoms with Crippen LogP contribution in [-0.2, 0) is 18.3 Å². The number of ether oxygens (including phenoxy) is 2. The van der Waals surface area contributed by atoms with E-state index in [1.54, 1.807) is 49.4 Å². The van der Waals surface area contributed by atoms with Crippen molar-refractivity contribution in [2.24, 2.45) is 7.05 Å². The van der Waals surface area contributed by atoms with Gasteiger partial charge in [-0.3, -0.25) is 19.3 Å². The number of nitrogens with zero attached hydrogens (tertiary/aromatic N) is 2. The van der Waals surface area contributed by atoms with Gasteiger partial charge >= 0.3 is 5.97 Å². The van der Waals surface area contributed by atoms with E-state index >= 15 is 0 Å². The van der Waals surface area contributed by atoms with Crippen molar-refractivity contribution in [2.75, 3.05) is 13.2 Å². The first-order chi connectivity index (χ1) is 16.7. The molecule has 2 heterocycles. The quantitative estimate of drug-likeness (QED) is 0.279. The lowest BCUT2D eigenvalue weighted by Crippen LogP contribution is -2.29. The van der Waals surface area contributed by atoms with E-state index in [4.69, 9.17) is 9.47 Å². The average Bonchev–Trinajstić information content (AvgIpc) is 3.26. The van der Waals surface area contributed by atoms with E-state index in [0.29, 0.717) is 34.6 Å². The van der Waals surface area contributed by atoms with Crippen LogP contribution in [0.3, 0.4) is 0 Å². The van der Waals surface area contributed by atoms with Crippen LogP contribution in [0.5, 0.6) is 5.75 Å². The molecule has 8 heteroatoms. The summed E-state index contributed by atoms with van der Waals surface area (Å²) in [5.41, 5.74) is 3.60. The second-order valence-electron chi connectivity index (χ2n) is 8.35. The Labute approximate surface area is 203 Å². The van der Waals surface area contributed by atoms with Gasteiger partial charge in [0, 0.05) is 24.0 Å². The Morgan fingerprint density at radius 2 is 1.57 bits per heavy atom. The molecule has 0 aliphatic carbocycles. The smallest absolute Gasteiger partial charge is 0.342 e. The fourth-order valence-electron chi connectivity index (χ4n) is 4.11. The SMILES string of the molecule is CCOc1ccc(CN2C(=O)c3ccccc3C2=O)cc1C(=O)OCC(=O)c1cc(C)n(C)c1C. The van der Waals surface area contributed by atoms with Gasteiger partial charge in [-0.25, -0.2) is 4.79 Å². The molecule has 0 bridgehead atoms. The topological polar surface area (TPSA) is 94.9 Å². The summed E-state index contributed by atoms with van der Waals surface area (Å²) in [6.45, 7) is 5.39. The number of esters is 1. The number of hydrogen-bond acceptors (Lipinski definition) is 6. The minimum Gasteiger partial charge on any atom is -0.493 e. The third-order valence-electron chi connectivity index (χ3n) is 6.19. The lowest BCUT2D eigenvalue weighted by atomic mass is 10.1. The number of ketones is 1. The highest BCUT2D eigenvalue weighted by Crippen LogP contribution is 2.27. The molecule has 2 amide bonds. The maximum Gasteiger partial charge on any atom is 0.342 e. The molecule has 8 nitrogen and oxygen atoms in total. The van der Waals surface area contributed by atoms with Crippen LogP contribution in [0.1, 0.15) is 65.3 Å². The fourth-order valence-corrected chi connectivity index (χ4v) is 4.11. The standard InChI is InChI=1S/C27H26N2O6/c1-5-34-24-11-10-18(14-29-25(31)19-8-6-7-9-20(19)26(29)32)13-22(24)27(33)35-15-23(30)21-12-16(2)28(4)17(21)3/h6-13H,5,14-15H2,1-4H3. The number of aryl methyl sites for hydroxylation is 1. The Balaban J connectivity index is 1.52. The summed E-state index contributed by atoms with van der Waals surface area (Å²) >= 11 is 0. The molecule has 1 aliphatic heterocycles. The van der Waals surface area contributed by atoms with Gasteiger partial charge in [0.25, 0.3) is 11.8 Å². The summed E-state index contributed by atoms with van der Waals surface area (Å²) in [5.74, 6) is -1.51. The summed E-state index contributed by atoms with van der Waals surface area (Å²) in [5, 5.41) is 0. The largest absolute Gasteiger partial charge is 0.493 e. The van der Waals surface area contributed by atoms with Crippen LogP contribution in [0.15, 0.2) is 48.5 Å². The van der Waals surface area contributed by atoms with Crippen molar-refractivity contribution >= 4 is 23.6 Å². The van der Waals surface area contributed by atoms with E-state index in [1.807, 2.05) is 25.5 Å². The first kappa shape index (κ1) is 23.9. The predicted molar refractivity (Wildman–Crippen MR) is 128 cm³/mol. The van der Waals surface area contributed by atoms with Gasteiger partial charge in [-0.15, -0.1) is 0 Å². The van der Waals surface area contributed by atoms with Crippen molar-refractivity contribution in [3.05, 3.63) is 87.7 Å². The Bertz CT molecular complexity index is 1320. The Morgan fingerprint density at radius 1 is 0.914 bits per heavy atom. The zero-order chi connectivity index (χ0) is 25.3. The highest BCUT2D eigenvalue weighted by molar-refractivity contribution is 6.21. The Morgan fingerprint density at radius 3 is 2.14 bits per heavy atom. The van der Waals surface area contributed by atoms with Gasteiger partial charge in [-0.1, -0.05) is 18.2 Å². The molecule has 0 spiro atoms. The highest BCUT2D eigenvalue weighted by Gasteiger charge is 2.35. The predicted octanol–water partition coefficient (Wildman–Crippen LogP) is 3.88. The van der Waals surface area contributed by atoms with E-state index in [0.717, 1.165) is 16.3 Å². The Hall–Kier alpha value is -4.20. The number of Topliss-reactive ketones (excluding diaryl/α,β-unsaturated/α-hetero) is 1. The van der Waals surface area contributed by atoms with Crippen LogP contribution >= 0.6 is 0 Å². The number of benzene rings is 2. The number of rotatable bonds is 8. The van der Waals surface area contributed by atoms with Crippen molar-refractivity contribution in [2.45, 2.75) is 27.3 Å². The van der Waals surface area contributed by atoms with Gasteiger partial charge in [-0.05, 0) is 56.7 Å². The molecule has 0 unspecified atom stereocenters. The van der Waals surface area contributed by atoms with E-state index in [9.17, 15) is 19.2 Å². The zero-order valence-electron chi connectivity index (χ0n) is 20.1. The molecule has 1 aromatic heterocycles. The molecule has 3 aromatic rings. The minimum absolute atomic E-state index is 0.0134. The van der Waals surface area contributed by atoms with Gasteiger partial charge in [-0.2, -0.15) is 0 Å². The van der Waals surface area contributed by atoms with Gasteiger partial charge in [0.2, 0.25) is 5.78 Å². The molecule has 0 fully saturated rings. The molecular formula is C27H26N2O6. The van der Waals surface area contributed by atoms with E-state index in [1.165, 1.54) is 6.07 Å². The summed E-state index contributed by atoms with van der Waals surface area (Å²) in [6.07, 6.45) is 0. The molecule has 2 aromatic carbocycles. The molecule has 35 heavy (non-hydrogen) atoms. The molecular weight excluding hydrogens is 448 g/mol. The maximum absolute atomic E-state index is 12.9. The number of aromatic nitrogens is 1. The number of imide groups is 1. The van der Waals surface area contributed by atoms with Gasteiger partial charge < -0.3 is 14.0 Å².